The number of rotatable bonds is 13. The number of unbranched alkanes of at least 4 members (excludes halogenated alkanes) is 1. The van der Waals surface area contributed by atoms with Crippen LogP contribution in [0.3, 0.4) is 0 Å². The Kier molecular flexibility index (Phi) is 15.5. The number of nitriles is 1. The molecule has 4 N–H and O–H groups in total. The maximum atomic E-state index is 14.7. The van der Waals surface area contributed by atoms with Crippen molar-refractivity contribution in [3.05, 3.63) is 71.5 Å². The van der Waals surface area contributed by atoms with Crippen molar-refractivity contribution in [2.75, 3.05) is 46.9 Å². The van der Waals surface area contributed by atoms with E-state index < -0.39 is 59.3 Å². The van der Waals surface area contributed by atoms with Gasteiger partial charge in [0.05, 0.1) is 36.7 Å². The number of phenolic OH excluding ortho intramolecular Hbond substituents is 1. The van der Waals surface area contributed by atoms with E-state index in [9.17, 15) is 34.2 Å². The predicted octanol–water partition coefficient (Wildman–Crippen LogP) is 4.73. The number of hydrogen-bond donors (Lipinski definition) is 4. The minimum absolute atomic E-state index is 0.0425. The van der Waals surface area contributed by atoms with Crippen LogP contribution in [0.5, 0.6) is 5.75 Å². The molecule has 6 bridgehead atoms. The van der Waals surface area contributed by atoms with Crippen LogP contribution in [0, 0.1) is 22.7 Å². The Balaban J connectivity index is 1.24. The lowest BCUT2D eigenvalue weighted by Crippen LogP contribution is -2.62. The van der Waals surface area contributed by atoms with Gasteiger partial charge in [0, 0.05) is 81.2 Å². The fourth-order valence-corrected chi connectivity index (χ4v) is 9.97. The summed E-state index contributed by atoms with van der Waals surface area (Å²) < 4.78 is 8.29. The number of cyclic esters (lactones) is 1. The number of aromatic nitrogens is 2. The van der Waals surface area contributed by atoms with Crippen LogP contribution in [-0.2, 0) is 48.1 Å². The van der Waals surface area contributed by atoms with Crippen LogP contribution >= 0.6 is 0 Å². The van der Waals surface area contributed by atoms with Crippen LogP contribution in [0.2, 0.25) is 0 Å². The van der Waals surface area contributed by atoms with E-state index in [1.54, 1.807) is 46.1 Å². The lowest BCUT2D eigenvalue weighted by Gasteiger charge is -2.37. The zero-order chi connectivity index (χ0) is 49.9. The number of carbonyl (C=O) groups is 5. The molecule has 6 atom stereocenters. The van der Waals surface area contributed by atoms with Gasteiger partial charge < -0.3 is 34.6 Å². The number of esters is 1. The van der Waals surface area contributed by atoms with Gasteiger partial charge in [0.1, 0.15) is 29.9 Å². The van der Waals surface area contributed by atoms with Gasteiger partial charge >= 0.3 is 5.97 Å². The summed E-state index contributed by atoms with van der Waals surface area (Å²) in [6.45, 7) is 13.3. The molecular weight excluding hydrogens is 879 g/mol. The van der Waals surface area contributed by atoms with Crippen molar-refractivity contribution in [3.8, 4) is 34.2 Å². The molecule has 0 aliphatic carbocycles. The summed E-state index contributed by atoms with van der Waals surface area (Å²) in [5.74, 6) is -2.73. The minimum atomic E-state index is -1.21. The third kappa shape index (κ3) is 11.2. The van der Waals surface area contributed by atoms with Crippen molar-refractivity contribution < 1.29 is 38.9 Å². The third-order valence-corrected chi connectivity index (χ3v) is 13.5. The fraction of sp³-hybridized carbons (Fsp3) is 0.519. The number of amides is 4. The van der Waals surface area contributed by atoms with Crippen LogP contribution in [0.1, 0.15) is 90.2 Å². The van der Waals surface area contributed by atoms with Crippen molar-refractivity contribution in [3.63, 3.8) is 0 Å². The van der Waals surface area contributed by atoms with E-state index in [4.69, 9.17) is 10.00 Å². The molecule has 2 aromatic heterocycles. The van der Waals surface area contributed by atoms with Gasteiger partial charge in [-0.15, -0.1) is 0 Å². The lowest BCUT2D eigenvalue weighted by molar-refractivity contribution is -0.155. The quantitative estimate of drug-likeness (QED) is 0.0815. The second kappa shape index (κ2) is 21.1. The number of aryl methyl sites for hydroxylation is 1. The molecule has 3 aliphatic heterocycles. The number of ether oxygens (including phenoxy) is 1. The molecule has 0 radical (unpaired) electrons. The van der Waals surface area contributed by atoms with Gasteiger partial charge in [-0.25, -0.2) is 5.43 Å². The van der Waals surface area contributed by atoms with Gasteiger partial charge in [0.15, 0.2) is 0 Å². The second-order valence-corrected chi connectivity index (χ2v) is 20.0. The summed E-state index contributed by atoms with van der Waals surface area (Å²) in [6.07, 6.45) is 3.21. The first-order chi connectivity index (χ1) is 32.8. The summed E-state index contributed by atoms with van der Waals surface area (Å²) in [4.78, 5) is 79.4. The second-order valence-electron chi connectivity index (χ2n) is 20.0. The topological polar surface area (TPSA) is 213 Å². The van der Waals surface area contributed by atoms with Crippen molar-refractivity contribution in [2.45, 2.75) is 117 Å². The molecule has 3 aliphatic rings. The molecule has 0 spiro atoms. The third-order valence-electron chi connectivity index (χ3n) is 13.5. The summed E-state index contributed by atoms with van der Waals surface area (Å²) in [5, 5.41) is 36.4. The number of hydrazine groups is 1. The maximum absolute atomic E-state index is 14.7. The molecule has 1 unspecified atom stereocenters. The number of pyridine rings is 1. The van der Waals surface area contributed by atoms with Gasteiger partial charge in [-0.05, 0) is 104 Å². The predicted molar refractivity (Wildman–Crippen MR) is 260 cm³/mol. The number of aromatic hydroxyl groups is 1. The summed E-state index contributed by atoms with van der Waals surface area (Å²) in [7, 11) is 3.06. The van der Waals surface area contributed by atoms with Gasteiger partial charge in [-0.2, -0.15) is 5.26 Å². The highest BCUT2D eigenvalue weighted by Gasteiger charge is 2.43. The normalized spacial score (nSPS) is 21.1. The average Bonchev–Trinajstić information content (AvgIpc) is 4.03. The largest absolute Gasteiger partial charge is 0.508 e. The zero-order valence-corrected chi connectivity index (χ0v) is 41.1. The van der Waals surface area contributed by atoms with Crippen molar-refractivity contribution in [1.29, 1.82) is 5.26 Å². The molecule has 17 nitrogen and oxygen atoms in total. The Hall–Kier alpha value is -6.35. The molecule has 2 fully saturated rings. The maximum Gasteiger partial charge on any atom is 0.324 e. The van der Waals surface area contributed by atoms with Crippen LogP contribution in [-0.4, -0.2) is 140 Å². The Morgan fingerprint density at radius 3 is 2.57 bits per heavy atom. The molecule has 4 aromatic rings. The number of phenols is 1. The highest BCUT2D eigenvalue weighted by Crippen LogP contribution is 2.42. The highest BCUT2D eigenvalue weighted by atomic mass is 16.5. The summed E-state index contributed by atoms with van der Waals surface area (Å²) in [5.41, 5.74) is 8.71. The van der Waals surface area contributed by atoms with E-state index in [2.05, 4.69) is 39.4 Å². The first-order valence-corrected chi connectivity index (χ1v) is 24.1. The highest BCUT2D eigenvalue weighted by molar-refractivity contribution is 5.96. The van der Waals surface area contributed by atoms with E-state index >= 15 is 0 Å². The first-order valence-electron chi connectivity index (χ1n) is 24.1. The molecule has 368 valence electrons. The van der Waals surface area contributed by atoms with Gasteiger partial charge in [-0.1, -0.05) is 39.8 Å². The van der Waals surface area contributed by atoms with Crippen LogP contribution in [0.25, 0.3) is 33.3 Å². The number of aliphatic hydroxyl groups is 1. The summed E-state index contributed by atoms with van der Waals surface area (Å²) in [6, 6.07) is 13.7. The number of benzene rings is 2. The number of carbonyl (C=O) groups excluding carboxylic acids is 5. The van der Waals surface area contributed by atoms with E-state index in [0.29, 0.717) is 68.6 Å². The van der Waals surface area contributed by atoms with E-state index in [1.807, 2.05) is 49.1 Å². The number of fused-ring (bicyclic) bond motifs is 6. The monoisotopic (exact) mass is 946 g/mol. The average molecular weight is 946 g/mol. The minimum Gasteiger partial charge on any atom is -0.508 e. The molecule has 7 rings (SSSR count). The van der Waals surface area contributed by atoms with Crippen molar-refractivity contribution in [1.82, 2.24) is 40.0 Å². The Morgan fingerprint density at radius 1 is 1.09 bits per heavy atom. The van der Waals surface area contributed by atoms with Crippen molar-refractivity contribution >= 4 is 40.5 Å². The molecule has 2 aromatic carbocycles. The fourth-order valence-electron chi connectivity index (χ4n) is 9.97. The smallest absolute Gasteiger partial charge is 0.324 e. The number of likely N-dealkylation sites (N-methyl/N-ethyl adjacent to an activating group) is 2. The van der Waals surface area contributed by atoms with Crippen LogP contribution in [0.15, 0.2) is 54.7 Å². The molecule has 4 amide bonds. The van der Waals surface area contributed by atoms with Gasteiger partial charge in [0.2, 0.25) is 17.7 Å². The Morgan fingerprint density at radius 2 is 1.86 bits per heavy atom. The van der Waals surface area contributed by atoms with E-state index in [1.165, 1.54) is 21.9 Å². The molecule has 69 heavy (non-hydrogen) atoms. The Labute approximate surface area is 404 Å². The van der Waals surface area contributed by atoms with Crippen LogP contribution < -0.4 is 10.7 Å². The molecular formula is C52H67N9O8. The van der Waals surface area contributed by atoms with Gasteiger partial charge in [-0.3, -0.25) is 38.9 Å². The molecule has 2 saturated heterocycles. The van der Waals surface area contributed by atoms with Gasteiger partial charge in [0.25, 0.3) is 5.91 Å². The van der Waals surface area contributed by atoms with E-state index in [-0.39, 0.29) is 43.8 Å². The molecule has 0 saturated carbocycles. The first kappa shape index (κ1) is 50.5. The zero-order valence-electron chi connectivity index (χ0n) is 41.1. The molecule has 17 heteroatoms. The van der Waals surface area contributed by atoms with Crippen molar-refractivity contribution in [2.24, 2.45) is 11.3 Å². The standard InChI is InChI=1S/C52H67N9O8/c1-9-60-42-17-16-34-26-38(42)39(47(60)37-14-12-19-54-45(37)32(4)62)27-52(5,6)30-69-51(68)40-15-13-21-61(56-40)49(66)41(24-33-22-35(34)25-36(63)23-33)55-48(65)46(31(2)3)58(8)44(64)29-57(7)50(67)43-28-59(43)20-11-10-18-53/h12,14,16-17,19,22-23,25-26,31-32,40-41,43,46,56,62-63H,9-11,13,15,20-21,24,27-30H2,1-8H3,(H,55,65)/t32-,40-,41-,43+,46-,59?/m0/s1. The number of aliphatic hydroxyl groups excluding tert-OH is 1. The number of nitrogens with zero attached hydrogens (tertiary/aromatic N) is 7. The molecule has 5 heterocycles. The van der Waals surface area contributed by atoms with E-state index in [0.717, 1.165) is 33.3 Å². The number of nitrogens with one attached hydrogen (secondary N) is 2. The SMILES string of the molecule is CCn1c(-c2cccnc2[C@H](C)O)c2c3cc(ccc31)-c1cc(O)cc(c1)C[C@H](NC(=O)[C@H](C(C)C)N(C)C(=O)CN(C)C(=O)[C@H]1CN1CCCC#N)C(=O)N1CCC[C@H](N1)C(=O)OCC(C)(C)C2. The number of hydrogen-bond acceptors (Lipinski definition) is 12. The Bertz CT molecular complexity index is 2640. The summed E-state index contributed by atoms with van der Waals surface area (Å²) >= 11 is 0. The lowest BCUT2D eigenvalue weighted by atomic mass is 9.84. The van der Waals surface area contributed by atoms with Crippen LogP contribution in [0.4, 0.5) is 0 Å².